The van der Waals surface area contributed by atoms with Gasteiger partial charge in [-0.15, -0.1) is 11.3 Å². The number of carbonyl (C=O) groups excluding carboxylic acids is 1. The number of amides is 1. The highest BCUT2D eigenvalue weighted by atomic mass is 35.5. The lowest BCUT2D eigenvalue weighted by atomic mass is 10.1. The highest BCUT2D eigenvalue weighted by Crippen LogP contribution is 2.36. The number of nitrogens with one attached hydrogen (secondary N) is 2. The van der Waals surface area contributed by atoms with Crippen molar-refractivity contribution in [1.29, 1.82) is 0 Å². The SMILES string of the molecule is Cc1ccc(C#Cc2ccc(-c3c(CNC[C@@H](C)O)c(C(=O)NN4CCCCC4)nn3-c3ccc(Cl)cc3Cl)s2)cc1. The summed E-state index contributed by atoms with van der Waals surface area (Å²) in [7, 11) is 0. The summed E-state index contributed by atoms with van der Waals surface area (Å²) in [5.74, 6) is 6.22. The highest BCUT2D eigenvalue weighted by molar-refractivity contribution is 7.16. The molecule has 1 saturated heterocycles. The molecule has 5 rings (SSSR count). The van der Waals surface area contributed by atoms with Gasteiger partial charge < -0.3 is 10.4 Å². The Bertz CT molecular complexity index is 1610. The fraction of sp³-hybridized carbons (Fsp3) is 0.312. The number of aliphatic hydroxyl groups excluding tert-OH is 1. The average Bonchev–Trinajstić information content (AvgIpc) is 3.58. The monoisotopic (exact) mass is 621 g/mol. The van der Waals surface area contributed by atoms with E-state index in [4.69, 9.17) is 28.3 Å². The van der Waals surface area contributed by atoms with Gasteiger partial charge >= 0.3 is 0 Å². The van der Waals surface area contributed by atoms with Crippen LogP contribution in [-0.4, -0.2) is 51.5 Å². The summed E-state index contributed by atoms with van der Waals surface area (Å²) in [5, 5.41) is 20.9. The van der Waals surface area contributed by atoms with Crippen molar-refractivity contribution >= 4 is 40.4 Å². The van der Waals surface area contributed by atoms with Crippen molar-refractivity contribution in [2.75, 3.05) is 19.6 Å². The lowest BCUT2D eigenvalue weighted by molar-refractivity contribution is 0.0743. The third-order valence-electron chi connectivity index (χ3n) is 6.91. The third kappa shape index (κ3) is 7.42. The summed E-state index contributed by atoms with van der Waals surface area (Å²) in [6.45, 7) is 6.03. The van der Waals surface area contributed by atoms with E-state index >= 15 is 0 Å². The molecule has 3 N–H and O–H groups in total. The maximum atomic E-state index is 13.7. The maximum Gasteiger partial charge on any atom is 0.286 e. The number of piperidine rings is 1. The van der Waals surface area contributed by atoms with Gasteiger partial charge in [0, 0.05) is 42.3 Å². The summed E-state index contributed by atoms with van der Waals surface area (Å²) >= 11 is 14.4. The molecular formula is C32H33Cl2N5O2S. The van der Waals surface area contributed by atoms with Crippen molar-refractivity contribution in [2.45, 2.75) is 45.8 Å². The number of carbonyl (C=O) groups is 1. The molecule has 0 radical (unpaired) electrons. The van der Waals surface area contributed by atoms with E-state index in [1.54, 1.807) is 29.8 Å². The zero-order chi connectivity index (χ0) is 29.6. The molecular weight excluding hydrogens is 589 g/mol. The van der Waals surface area contributed by atoms with E-state index in [9.17, 15) is 9.90 Å². The van der Waals surface area contributed by atoms with Crippen LogP contribution in [0.15, 0.2) is 54.6 Å². The first-order chi connectivity index (χ1) is 20.3. The molecule has 0 unspecified atom stereocenters. The second-order valence-corrected chi connectivity index (χ2v) is 12.4. The van der Waals surface area contributed by atoms with Gasteiger partial charge in [0.2, 0.25) is 0 Å². The van der Waals surface area contributed by atoms with Crippen molar-refractivity contribution in [3.05, 3.63) is 91.9 Å². The molecule has 1 aliphatic heterocycles. The Kier molecular flexibility index (Phi) is 10.0. The minimum absolute atomic E-state index is 0.285. The average molecular weight is 623 g/mol. The number of thiophene rings is 1. The van der Waals surface area contributed by atoms with Gasteiger partial charge in [0.1, 0.15) is 0 Å². The first-order valence-electron chi connectivity index (χ1n) is 14.0. The molecule has 0 bridgehead atoms. The number of hydrazine groups is 1. The Morgan fingerprint density at radius 1 is 1.07 bits per heavy atom. The summed E-state index contributed by atoms with van der Waals surface area (Å²) in [6.07, 6.45) is 2.67. The molecule has 2 aromatic heterocycles. The fourth-order valence-corrected chi connectivity index (χ4v) is 6.20. The van der Waals surface area contributed by atoms with Gasteiger partial charge in [-0.1, -0.05) is 59.2 Å². The number of hydrogen-bond donors (Lipinski definition) is 3. The van der Waals surface area contributed by atoms with Crippen LogP contribution >= 0.6 is 34.5 Å². The Morgan fingerprint density at radius 3 is 2.55 bits per heavy atom. The normalized spacial score (nSPS) is 14.3. The van der Waals surface area contributed by atoms with Gasteiger partial charge in [0.15, 0.2) is 5.69 Å². The Balaban J connectivity index is 1.60. The molecule has 0 aliphatic carbocycles. The number of aliphatic hydroxyl groups is 1. The number of halogens is 2. The minimum Gasteiger partial charge on any atom is -0.392 e. The number of benzene rings is 2. The van der Waals surface area contributed by atoms with Gasteiger partial charge in [0.05, 0.1) is 32.3 Å². The number of aromatic nitrogens is 2. The van der Waals surface area contributed by atoms with Crippen LogP contribution in [-0.2, 0) is 6.54 Å². The number of nitrogens with zero attached hydrogens (tertiary/aromatic N) is 3. The van der Waals surface area contributed by atoms with Gasteiger partial charge in [-0.2, -0.15) is 5.10 Å². The number of hydrogen-bond acceptors (Lipinski definition) is 6. The number of rotatable bonds is 8. The predicted molar refractivity (Wildman–Crippen MR) is 170 cm³/mol. The molecule has 0 saturated carbocycles. The van der Waals surface area contributed by atoms with Crippen molar-refractivity contribution in [2.24, 2.45) is 0 Å². The standard InChI is InChI=1S/C32H33Cl2N5O2S/c1-21-6-8-23(9-7-21)10-12-25-13-15-29(42-25)31-26(20-35-19-22(2)40)30(32(41)37-38-16-4-3-5-17-38)36-39(31)28-14-11-24(33)18-27(28)34/h6-9,11,13-15,18,22,35,40H,3-5,16-17,19-20H2,1-2H3,(H,37,41)/t22-/m1/s1. The quantitative estimate of drug-likeness (QED) is 0.204. The largest absolute Gasteiger partial charge is 0.392 e. The molecule has 218 valence electrons. The Hall–Kier alpha value is -3.16. The zero-order valence-electron chi connectivity index (χ0n) is 23.6. The molecule has 7 nitrogen and oxygen atoms in total. The second kappa shape index (κ2) is 13.9. The lowest BCUT2D eigenvalue weighted by Gasteiger charge is -2.26. The molecule has 1 fully saturated rings. The van der Waals surface area contributed by atoms with E-state index in [0.29, 0.717) is 40.1 Å². The van der Waals surface area contributed by atoms with Crippen LogP contribution in [0.4, 0.5) is 0 Å². The minimum atomic E-state index is -0.551. The molecule has 10 heteroatoms. The molecule has 1 amide bonds. The highest BCUT2D eigenvalue weighted by Gasteiger charge is 2.28. The maximum absolute atomic E-state index is 13.7. The lowest BCUT2D eigenvalue weighted by Crippen LogP contribution is -2.45. The van der Waals surface area contributed by atoms with Crippen molar-refractivity contribution in [3.63, 3.8) is 0 Å². The van der Waals surface area contributed by atoms with Gasteiger partial charge in [-0.25, -0.2) is 9.69 Å². The van der Waals surface area contributed by atoms with Crippen LogP contribution in [0.1, 0.15) is 58.2 Å². The van der Waals surface area contributed by atoms with Gasteiger partial charge in [0.25, 0.3) is 5.91 Å². The molecule has 1 aliphatic rings. The van der Waals surface area contributed by atoms with E-state index in [0.717, 1.165) is 53.4 Å². The van der Waals surface area contributed by atoms with E-state index in [1.807, 2.05) is 48.3 Å². The van der Waals surface area contributed by atoms with Crippen LogP contribution in [0.25, 0.3) is 16.3 Å². The van der Waals surface area contributed by atoms with Crippen LogP contribution in [0.5, 0.6) is 0 Å². The molecule has 2 aromatic carbocycles. The second-order valence-electron chi connectivity index (χ2n) is 10.4. The van der Waals surface area contributed by atoms with Gasteiger partial charge in [-0.3, -0.25) is 10.2 Å². The smallest absolute Gasteiger partial charge is 0.286 e. The Labute approximate surface area is 260 Å². The van der Waals surface area contributed by atoms with Crippen molar-refractivity contribution < 1.29 is 9.90 Å². The Morgan fingerprint density at radius 2 is 1.83 bits per heavy atom. The zero-order valence-corrected chi connectivity index (χ0v) is 25.9. The molecule has 42 heavy (non-hydrogen) atoms. The van der Waals surface area contributed by atoms with E-state index in [1.165, 1.54) is 16.9 Å². The first-order valence-corrected chi connectivity index (χ1v) is 15.6. The van der Waals surface area contributed by atoms with Crippen LogP contribution < -0.4 is 10.7 Å². The van der Waals surface area contributed by atoms with E-state index < -0.39 is 6.10 Å². The topological polar surface area (TPSA) is 82.4 Å². The molecule has 1 atom stereocenters. The van der Waals surface area contributed by atoms with E-state index in [2.05, 4.69) is 22.6 Å². The molecule has 3 heterocycles. The van der Waals surface area contributed by atoms with Crippen molar-refractivity contribution in [3.8, 4) is 28.1 Å². The van der Waals surface area contributed by atoms with Crippen LogP contribution in [0.2, 0.25) is 10.0 Å². The molecule has 0 spiro atoms. The van der Waals surface area contributed by atoms with E-state index in [-0.39, 0.29) is 5.91 Å². The van der Waals surface area contributed by atoms with Crippen LogP contribution in [0, 0.1) is 18.8 Å². The fourth-order valence-electron chi connectivity index (χ4n) is 4.79. The summed E-state index contributed by atoms with van der Waals surface area (Å²) in [6, 6.07) is 17.3. The summed E-state index contributed by atoms with van der Waals surface area (Å²) < 4.78 is 1.71. The third-order valence-corrected chi connectivity index (χ3v) is 8.46. The van der Waals surface area contributed by atoms with Crippen molar-refractivity contribution in [1.82, 2.24) is 25.5 Å². The number of aryl methyl sites for hydroxylation is 1. The predicted octanol–water partition coefficient (Wildman–Crippen LogP) is 6.22. The van der Waals surface area contributed by atoms with Gasteiger partial charge in [-0.05, 0) is 69.2 Å². The summed E-state index contributed by atoms with van der Waals surface area (Å²) in [5.41, 5.74) is 7.51. The van der Waals surface area contributed by atoms with Crippen LogP contribution in [0.3, 0.4) is 0 Å². The molecule has 4 aromatic rings. The summed E-state index contributed by atoms with van der Waals surface area (Å²) in [4.78, 5) is 15.5. The first kappa shape index (κ1) is 30.3.